The van der Waals surface area contributed by atoms with Gasteiger partial charge in [-0.25, -0.2) is 0 Å². The molecule has 0 aliphatic rings. The molecule has 0 saturated heterocycles. The number of rotatable bonds is 7. The minimum Gasteiger partial charge on any atom is -0.103 e. The maximum absolute atomic E-state index is 3.73. The van der Waals surface area contributed by atoms with E-state index in [-0.39, 0.29) is 0 Å². The van der Waals surface area contributed by atoms with Crippen LogP contribution in [-0.4, -0.2) is 0 Å². The standard InChI is InChI=1S/C14H24/c1-5-7-8-11-14(6-2)12-9-10-13(3)4/h5,10-11H,1,6-9,12H2,2-4H3. The maximum atomic E-state index is 3.73. The van der Waals surface area contributed by atoms with Gasteiger partial charge in [-0.3, -0.25) is 0 Å². The highest BCUT2D eigenvalue weighted by atomic mass is 14.0. The molecule has 0 aliphatic carbocycles. The molecule has 0 aromatic carbocycles. The predicted octanol–water partition coefficient (Wildman–Crippen LogP) is 5.04. The smallest absolute Gasteiger partial charge is 0.0286 e. The molecule has 0 saturated carbocycles. The zero-order valence-electron chi connectivity index (χ0n) is 9.97. The van der Waals surface area contributed by atoms with Crippen molar-refractivity contribution in [1.82, 2.24) is 0 Å². The van der Waals surface area contributed by atoms with E-state index in [0.29, 0.717) is 0 Å². The summed E-state index contributed by atoms with van der Waals surface area (Å²) in [7, 11) is 0. The highest BCUT2D eigenvalue weighted by molar-refractivity contribution is 5.04. The Morgan fingerprint density at radius 2 is 1.79 bits per heavy atom. The lowest BCUT2D eigenvalue weighted by Crippen LogP contribution is -1.82. The summed E-state index contributed by atoms with van der Waals surface area (Å²) in [5.41, 5.74) is 3.01. The van der Waals surface area contributed by atoms with Crippen molar-refractivity contribution in [2.24, 2.45) is 0 Å². The van der Waals surface area contributed by atoms with E-state index in [4.69, 9.17) is 0 Å². The van der Waals surface area contributed by atoms with Crippen LogP contribution in [0.4, 0.5) is 0 Å². The summed E-state index contributed by atoms with van der Waals surface area (Å²) in [4.78, 5) is 0. The molecule has 0 heterocycles. The second-order valence-corrected chi connectivity index (χ2v) is 3.90. The summed E-state index contributed by atoms with van der Waals surface area (Å²) in [6.07, 6.45) is 12.5. The quantitative estimate of drug-likeness (QED) is 0.392. The third-order valence-corrected chi connectivity index (χ3v) is 2.28. The molecule has 0 spiro atoms. The van der Waals surface area contributed by atoms with Gasteiger partial charge in [0.1, 0.15) is 0 Å². The summed E-state index contributed by atoms with van der Waals surface area (Å²) >= 11 is 0. The molecule has 0 rings (SSSR count). The Hall–Kier alpha value is -0.780. The van der Waals surface area contributed by atoms with Gasteiger partial charge >= 0.3 is 0 Å². The first-order chi connectivity index (χ1) is 6.70. The van der Waals surface area contributed by atoms with Crippen molar-refractivity contribution < 1.29 is 0 Å². The second-order valence-electron chi connectivity index (χ2n) is 3.90. The second kappa shape index (κ2) is 8.80. The molecule has 0 amide bonds. The van der Waals surface area contributed by atoms with Crippen LogP contribution in [0.25, 0.3) is 0 Å². The van der Waals surface area contributed by atoms with Crippen molar-refractivity contribution in [3.63, 3.8) is 0 Å². The van der Waals surface area contributed by atoms with Gasteiger partial charge in [-0.1, -0.05) is 36.3 Å². The molecule has 0 atom stereocenters. The van der Waals surface area contributed by atoms with Crippen LogP contribution in [0.5, 0.6) is 0 Å². The van der Waals surface area contributed by atoms with Crippen molar-refractivity contribution in [1.29, 1.82) is 0 Å². The molecule has 0 N–H and O–H groups in total. The minimum atomic E-state index is 1.10. The van der Waals surface area contributed by atoms with E-state index in [1.807, 2.05) is 6.08 Å². The zero-order valence-corrected chi connectivity index (χ0v) is 9.97. The van der Waals surface area contributed by atoms with Crippen LogP contribution in [0, 0.1) is 0 Å². The molecule has 0 bridgehead atoms. The Balaban J connectivity index is 3.83. The maximum Gasteiger partial charge on any atom is -0.0286 e. The summed E-state index contributed by atoms with van der Waals surface area (Å²) in [5, 5.41) is 0. The molecule has 0 aromatic heterocycles. The van der Waals surface area contributed by atoms with E-state index < -0.39 is 0 Å². The normalized spacial score (nSPS) is 11.2. The average molecular weight is 192 g/mol. The first kappa shape index (κ1) is 13.2. The lowest BCUT2D eigenvalue weighted by Gasteiger charge is -2.02. The Morgan fingerprint density at radius 1 is 1.07 bits per heavy atom. The lowest BCUT2D eigenvalue weighted by molar-refractivity contribution is 0.880. The Bertz CT molecular complexity index is 202. The van der Waals surface area contributed by atoms with E-state index in [0.717, 1.165) is 12.8 Å². The van der Waals surface area contributed by atoms with Gasteiger partial charge in [-0.2, -0.15) is 0 Å². The Labute approximate surface area is 89.4 Å². The summed E-state index contributed by atoms with van der Waals surface area (Å²) < 4.78 is 0. The fraction of sp³-hybridized carbons (Fsp3) is 0.571. The van der Waals surface area contributed by atoms with Gasteiger partial charge in [-0.05, 0) is 46.0 Å². The first-order valence-electron chi connectivity index (χ1n) is 5.62. The van der Waals surface area contributed by atoms with Gasteiger partial charge in [0.15, 0.2) is 0 Å². The summed E-state index contributed by atoms with van der Waals surface area (Å²) in [6.45, 7) is 10.3. The van der Waals surface area contributed by atoms with Crippen molar-refractivity contribution in [3.05, 3.63) is 36.0 Å². The zero-order chi connectivity index (χ0) is 10.8. The molecular weight excluding hydrogens is 168 g/mol. The van der Waals surface area contributed by atoms with E-state index in [9.17, 15) is 0 Å². The average Bonchev–Trinajstić information content (AvgIpc) is 2.15. The molecule has 0 aromatic rings. The van der Waals surface area contributed by atoms with Gasteiger partial charge < -0.3 is 0 Å². The van der Waals surface area contributed by atoms with Crippen LogP contribution in [0.3, 0.4) is 0 Å². The van der Waals surface area contributed by atoms with E-state index >= 15 is 0 Å². The van der Waals surface area contributed by atoms with E-state index in [2.05, 4.69) is 39.5 Å². The van der Waals surface area contributed by atoms with Crippen molar-refractivity contribution in [3.8, 4) is 0 Å². The van der Waals surface area contributed by atoms with Crippen LogP contribution >= 0.6 is 0 Å². The number of hydrogen-bond acceptors (Lipinski definition) is 0. The summed E-state index contributed by atoms with van der Waals surface area (Å²) in [5.74, 6) is 0. The largest absolute Gasteiger partial charge is 0.103 e. The van der Waals surface area contributed by atoms with Crippen molar-refractivity contribution in [2.75, 3.05) is 0 Å². The van der Waals surface area contributed by atoms with E-state index in [1.165, 1.54) is 24.8 Å². The van der Waals surface area contributed by atoms with Crippen LogP contribution < -0.4 is 0 Å². The molecule has 0 nitrogen and oxygen atoms in total. The van der Waals surface area contributed by atoms with Crippen LogP contribution in [0.2, 0.25) is 0 Å². The van der Waals surface area contributed by atoms with Crippen LogP contribution in [0.15, 0.2) is 36.0 Å². The molecule has 80 valence electrons. The number of allylic oxidation sites excluding steroid dienone is 5. The third kappa shape index (κ3) is 7.85. The van der Waals surface area contributed by atoms with Crippen LogP contribution in [0.1, 0.15) is 52.9 Å². The lowest BCUT2D eigenvalue weighted by atomic mass is 10.0. The topological polar surface area (TPSA) is 0 Å². The van der Waals surface area contributed by atoms with Crippen molar-refractivity contribution >= 4 is 0 Å². The van der Waals surface area contributed by atoms with Crippen LogP contribution in [-0.2, 0) is 0 Å². The molecular formula is C14H24. The first-order valence-corrected chi connectivity index (χ1v) is 5.62. The van der Waals surface area contributed by atoms with Gasteiger partial charge in [0.2, 0.25) is 0 Å². The molecule has 0 heteroatoms. The Kier molecular flexibility index (Phi) is 8.31. The SMILES string of the molecule is C=CCCC=C(CC)CCC=C(C)C. The van der Waals surface area contributed by atoms with Gasteiger partial charge in [-0.15, -0.1) is 6.58 Å². The molecule has 0 radical (unpaired) electrons. The summed E-state index contributed by atoms with van der Waals surface area (Å²) in [6, 6.07) is 0. The van der Waals surface area contributed by atoms with Gasteiger partial charge in [0.05, 0.1) is 0 Å². The highest BCUT2D eigenvalue weighted by Crippen LogP contribution is 2.12. The fourth-order valence-corrected chi connectivity index (χ4v) is 1.37. The van der Waals surface area contributed by atoms with Gasteiger partial charge in [0.25, 0.3) is 0 Å². The van der Waals surface area contributed by atoms with Gasteiger partial charge in [0, 0.05) is 0 Å². The third-order valence-electron chi connectivity index (χ3n) is 2.28. The Morgan fingerprint density at radius 3 is 2.29 bits per heavy atom. The number of hydrogen-bond donors (Lipinski definition) is 0. The number of unbranched alkanes of at least 4 members (excludes halogenated alkanes) is 1. The van der Waals surface area contributed by atoms with E-state index in [1.54, 1.807) is 5.57 Å². The predicted molar refractivity (Wildman–Crippen MR) is 66.5 cm³/mol. The molecule has 0 aliphatic heterocycles. The monoisotopic (exact) mass is 192 g/mol. The molecule has 0 fully saturated rings. The fourth-order valence-electron chi connectivity index (χ4n) is 1.37. The minimum absolute atomic E-state index is 1.10. The van der Waals surface area contributed by atoms with Crippen molar-refractivity contribution in [2.45, 2.75) is 52.9 Å². The molecule has 0 unspecified atom stereocenters. The highest BCUT2D eigenvalue weighted by Gasteiger charge is 1.92. The molecule has 14 heavy (non-hydrogen) atoms.